The number of aromatic nitrogens is 2. The molecular formula is C14H20N2O3. The lowest BCUT2D eigenvalue weighted by Crippen LogP contribution is -2.29. The maximum absolute atomic E-state index is 11.6. The zero-order chi connectivity index (χ0) is 13.3. The molecule has 1 aromatic rings. The van der Waals surface area contributed by atoms with E-state index in [0.717, 1.165) is 12.3 Å². The highest BCUT2D eigenvalue weighted by molar-refractivity contribution is 5.91. The van der Waals surface area contributed by atoms with Crippen molar-refractivity contribution in [1.82, 2.24) is 10.2 Å². The largest absolute Gasteiger partial charge is 0.476 e. The molecule has 5 heteroatoms. The number of carbonyl (C=O) groups is 1. The Morgan fingerprint density at radius 3 is 3.00 bits per heavy atom. The molecule has 2 aliphatic rings. The summed E-state index contributed by atoms with van der Waals surface area (Å²) >= 11 is 0. The van der Waals surface area contributed by atoms with Crippen LogP contribution in [-0.2, 0) is 4.74 Å². The fourth-order valence-corrected chi connectivity index (χ4v) is 3.07. The van der Waals surface area contributed by atoms with Gasteiger partial charge in [0.2, 0.25) is 5.88 Å². The number of ether oxygens (including phenoxy) is 2. The van der Waals surface area contributed by atoms with Gasteiger partial charge in [0.05, 0.1) is 13.2 Å². The maximum Gasteiger partial charge on any atom is 0.345 e. The molecule has 1 unspecified atom stereocenters. The molecule has 1 aromatic heterocycles. The van der Waals surface area contributed by atoms with E-state index in [4.69, 9.17) is 9.47 Å². The highest BCUT2D eigenvalue weighted by Gasteiger charge is 2.54. The van der Waals surface area contributed by atoms with Crippen molar-refractivity contribution in [2.45, 2.75) is 39.0 Å². The summed E-state index contributed by atoms with van der Waals surface area (Å²) in [5, 5.41) is 6.62. The third-order valence-electron chi connectivity index (χ3n) is 4.55. The van der Waals surface area contributed by atoms with Gasteiger partial charge in [-0.1, -0.05) is 0 Å². The Morgan fingerprint density at radius 1 is 1.53 bits per heavy atom. The first kappa shape index (κ1) is 12.5. The molecule has 1 N–H and O–H groups in total. The number of rotatable bonds is 6. The van der Waals surface area contributed by atoms with Crippen LogP contribution in [0.4, 0.5) is 0 Å². The second-order valence-electron chi connectivity index (χ2n) is 5.56. The average Bonchev–Trinajstić information content (AvgIpc) is 3.09. The molecule has 1 spiro atoms. The first-order valence-electron chi connectivity index (χ1n) is 7.09. The van der Waals surface area contributed by atoms with Gasteiger partial charge in [0.15, 0.2) is 0 Å². The minimum Gasteiger partial charge on any atom is -0.476 e. The standard InChI is InChI=1S/C14H20N2O3/c1-2-18-13(17)11-9-15-16-12(11)19-8-4-10-3-5-14(10)6-7-14/h9-10H,2-8H2,1H3,(H,15,16). The predicted octanol–water partition coefficient (Wildman–Crippen LogP) is 2.55. The molecule has 3 rings (SSSR count). The fraction of sp³-hybridized carbons (Fsp3) is 0.714. The van der Waals surface area contributed by atoms with Crippen LogP contribution in [-0.4, -0.2) is 29.4 Å². The zero-order valence-corrected chi connectivity index (χ0v) is 11.3. The number of nitrogens with zero attached hydrogens (tertiary/aromatic N) is 1. The lowest BCUT2D eigenvalue weighted by molar-refractivity contribution is 0.0519. The van der Waals surface area contributed by atoms with Crippen molar-refractivity contribution in [1.29, 1.82) is 0 Å². The monoisotopic (exact) mass is 264 g/mol. The van der Waals surface area contributed by atoms with Gasteiger partial charge in [-0.15, -0.1) is 5.10 Å². The van der Waals surface area contributed by atoms with Crippen molar-refractivity contribution in [2.24, 2.45) is 11.3 Å². The predicted molar refractivity (Wildman–Crippen MR) is 69.0 cm³/mol. The molecule has 0 saturated heterocycles. The second-order valence-corrected chi connectivity index (χ2v) is 5.56. The summed E-state index contributed by atoms with van der Waals surface area (Å²) in [7, 11) is 0. The molecule has 1 heterocycles. The van der Waals surface area contributed by atoms with Gasteiger partial charge >= 0.3 is 5.97 Å². The quantitative estimate of drug-likeness (QED) is 0.802. The van der Waals surface area contributed by atoms with E-state index >= 15 is 0 Å². The molecule has 0 bridgehead atoms. The van der Waals surface area contributed by atoms with Crippen LogP contribution in [0.15, 0.2) is 6.20 Å². The maximum atomic E-state index is 11.6. The molecular weight excluding hydrogens is 244 g/mol. The molecule has 2 saturated carbocycles. The average molecular weight is 264 g/mol. The number of carbonyl (C=O) groups excluding carboxylic acids is 1. The highest BCUT2D eigenvalue weighted by Crippen LogP contribution is 2.65. The number of nitrogens with one attached hydrogen (secondary N) is 1. The molecule has 2 aliphatic carbocycles. The Hall–Kier alpha value is -1.52. The van der Waals surface area contributed by atoms with E-state index in [2.05, 4.69) is 10.2 Å². The second kappa shape index (κ2) is 4.87. The number of hydrogen-bond acceptors (Lipinski definition) is 4. The van der Waals surface area contributed by atoms with Gasteiger partial charge < -0.3 is 9.47 Å². The summed E-state index contributed by atoms with van der Waals surface area (Å²) in [6.45, 7) is 2.77. The van der Waals surface area contributed by atoms with Gasteiger partial charge in [-0.05, 0) is 50.4 Å². The topological polar surface area (TPSA) is 64.2 Å². The Kier molecular flexibility index (Phi) is 3.21. The van der Waals surface area contributed by atoms with Crippen molar-refractivity contribution < 1.29 is 14.3 Å². The van der Waals surface area contributed by atoms with Crippen molar-refractivity contribution in [3.05, 3.63) is 11.8 Å². The molecule has 5 nitrogen and oxygen atoms in total. The van der Waals surface area contributed by atoms with Gasteiger partial charge in [-0.3, -0.25) is 5.10 Å². The summed E-state index contributed by atoms with van der Waals surface area (Å²) in [4.78, 5) is 11.6. The van der Waals surface area contributed by atoms with Crippen LogP contribution >= 0.6 is 0 Å². The summed E-state index contributed by atoms with van der Waals surface area (Å²) in [5.74, 6) is 0.800. The van der Waals surface area contributed by atoms with Crippen LogP contribution in [0.2, 0.25) is 0 Å². The first-order chi connectivity index (χ1) is 9.25. The molecule has 2 fully saturated rings. The Labute approximate surface area is 112 Å². The normalized spacial score (nSPS) is 22.9. The molecule has 1 atom stereocenters. The lowest BCUT2D eigenvalue weighted by atomic mass is 9.69. The highest BCUT2D eigenvalue weighted by atomic mass is 16.5. The van der Waals surface area contributed by atoms with Crippen LogP contribution < -0.4 is 4.74 Å². The van der Waals surface area contributed by atoms with Crippen LogP contribution in [0.1, 0.15) is 49.4 Å². The summed E-state index contributed by atoms with van der Waals surface area (Å²) in [6, 6.07) is 0. The van der Waals surface area contributed by atoms with Crippen LogP contribution in [0.3, 0.4) is 0 Å². The third-order valence-corrected chi connectivity index (χ3v) is 4.55. The Morgan fingerprint density at radius 2 is 2.37 bits per heavy atom. The van der Waals surface area contributed by atoms with Crippen LogP contribution in [0.5, 0.6) is 5.88 Å². The first-order valence-corrected chi connectivity index (χ1v) is 7.09. The summed E-state index contributed by atoms with van der Waals surface area (Å²) < 4.78 is 10.6. The number of esters is 1. The summed E-state index contributed by atoms with van der Waals surface area (Å²) in [6.07, 6.45) is 8.11. The van der Waals surface area contributed by atoms with Gasteiger partial charge in [-0.2, -0.15) is 0 Å². The van der Waals surface area contributed by atoms with Crippen molar-refractivity contribution in [3.8, 4) is 5.88 Å². The minimum atomic E-state index is -0.381. The Bertz CT molecular complexity index is 465. The van der Waals surface area contributed by atoms with E-state index < -0.39 is 0 Å². The van der Waals surface area contributed by atoms with E-state index in [1.165, 1.54) is 31.9 Å². The van der Waals surface area contributed by atoms with Crippen molar-refractivity contribution in [2.75, 3.05) is 13.2 Å². The smallest absolute Gasteiger partial charge is 0.345 e. The van der Waals surface area contributed by atoms with E-state index in [1.807, 2.05) is 0 Å². The third kappa shape index (κ3) is 2.33. The van der Waals surface area contributed by atoms with E-state index in [0.29, 0.717) is 30.1 Å². The lowest BCUT2D eigenvalue weighted by Gasteiger charge is -2.37. The molecule has 0 aromatic carbocycles. The van der Waals surface area contributed by atoms with Gasteiger partial charge in [0.1, 0.15) is 5.56 Å². The molecule has 19 heavy (non-hydrogen) atoms. The van der Waals surface area contributed by atoms with Crippen LogP contribution in [0.25, 0.3) is 0 Å². The minimum absolute atomic E-state index is 0.355. The molecule has 0 aliphatic heterocycles. The molecule has 0 radical (unpaired) electrons. The fourth-order valence-electron chi connectivity index (χ4n) is 3.07. The van der Waals surface area contributed by atoms with Gasteiger partial charge in [0.25, 0.3) is 0 Å². The zero-order valence-electron chi connectivity index (χ0n) is 11.3. The Balaban J connectivity index is 1.50. The number of hydrogen-bond donors (Lipinski definition) is 1. The molecule has 0 amide bonds. The van der Waals surface area contributed by atoms with Crippen molar-refractivity contribution in [3.63, 3.8) is 0 Å². The molecule has 104 valence electrons. The van der Waals surface area contributed by atoms with Crippen molar-refractivity contribution >= 4 is 5.97 Å². The van der Waals surface area contributed by atoms with E-state index in [-0.39, 0.29) is 5.97 Å². The SMILES string of the molecule is CCOC(=O)c1c[nH]nc1OCCC1CCC12CC2. The van der Waals surface area contributed by atoms with E-state index in [9.17, 15) is 4.79 Å². The number of H-pyrrole nitrogens is 1. The van der Waals surface area contributed by atoms with Gasteiger partial charge in [0, 0.05) is 6.20 Å². The summed E-state index contributed by atoms with van der Waals surface area (Å²) in [5.41, 5.74) is 1.07. The van der Waals surface area contributed by atoms with Gasteiger partial charge in [-0.25, -0.2) is 4.79 Å². The van der Waals surface area contributed by atoms with Crippen LogP contribution in [0, 0.1) is 11.3 Å². The van der Waals surface area contributed by atoms with E-state index in [1.54, 1.807) is 6.92 Å². The number of aromatic amines is 1.